The van der Waals surface area contributed by atoms with Crippen molar-refractivity contribution in [2.75, 3.05) is 13.7 Å². The molecule has 0 aliphatic carbocycles. The van der Waals surface area contributed by atoms with Crippen molar-refractivity contribution in [2.24, 2.45) is 0 Å². The fraction of sp³-hybridized carbons (Fsp3) is 0.333. The number of ether oxygens (including phenoxy) is 2. The molecule has 1 amide bonds. The lowest BCUT2D eigenvalue weighted by Gasteiger charge is -2.16. The van der Waals surface area contributed by atoms with Crippen LogP contribution < -0.4 is 10.1 Å². The van der Waals surface area contributed by atoms with Gasteiger partial charge >= 0.3 is 5.97 Å². The summed E-state index contributed by atoms with van der Waals surface area (Å²) in [6, 6.07) is 2.97. The van der Waals surface area contributed by atoms with Gasteiger partial charge < -0.3 is 14.8 Å². The Bertz CT molecular complexity index is 481. The summed E-state index contributed by atoms with van der Waals surface area (Å²) >= 11 is 3.19. The van der Waals surface area contributed by atoms with Gasteiger partial charge in [-0.3, -0.25) is 4.79 Å². The van der Waals surface area contributed by atoms with Gasteiger partial charge in [-0.2, -0.15) is 0 Å². The van der Waals surface area contributed by atoms with Gasteiger partial charge in [0.1, 0.15) is 18.2 Å². The smallest absolute Gasteiger partial charge is 0.331 e. The number of halogens is 2. The molecule has 0 aromatic heterocycles. The molecule has 1 aromatic rings. The second-order valence-corrected chi connectivity index (χ2v) is 4.52. The zero-order chi connectivity index (χ0) is 14.4. The van der Waals surface area contributed by atoms with Gasteiger partial charge in [0.15, 0.2) is 6.04 Å². The lowest BCUT2D eigenvalue weighted by molar-refractivity contribution is -0.145. The predicted molar refractivity (Wildman–Crippen MR) is 69.2 cm³/mol. The summed E-state index contributed by atoms with van der Waals surface area (Å²) in [6.07, 6.45) is 0. The lowest BCUT2D eigenvalue weighted by Crippen LogP contribution is -2.44. The summed E-state index contributed by atoms with van der Waals surface area (Å²) in [5.41, 5.74) is 0. The second-order valence-electron chi connectivity index (χ2n) is 3.66. The number of carbonyl (C=O) groups is 2. The minimum Gasteiger partial charge on any atom is -0.490 e. The van der Waals surface area contributed by atoms with Crippen LogP contribution >= 0.6 is 15.9 Å². The number of amides is 1. The third kappa shape index (κ3) is 4.86. The van der Waals surface area contributed by atoms with Crippen molar-refractivity contribution in [3.05, 3.63) is 28.5 Å². The van der Waals surface area contributed by atoms with Crippen LogP contribution in [0.1, 0.15) is 6.92 Å². The zero-order valence-electron chi connectivity index (χ0n) is 10.4. The predicted octanol–water partition coefficient (Wildman–Crippen LogP) is 1.64. The number of methoxy groups -OCH3 is 1. The summed E-state index contributed by atoms with van der Waals surface area (Å²) in [4.78, 5) is 22.4. The number of hydrogen-bond donors (Lipinski definition) is 1. The van der Waals surface area contributed by atoms with Gasteiger partial charge in [0.2, 0.25) is 5.91 Å². The van der Waals surface area contributed by atoms with E-state index in [9.17, 15) is 14.0 Å². The van der Waals surface area contributed by atoms with Gasteiger partial charge in [0, 0.05) is 13.0 Å². The molecule has 19 heavy (non-hydrogen) atoms. The minimum atomic E-state index is -0.947. The molecule has 1 N–H and O–H groups in total. The topological polar surface area (TPSA) is 64.6 Å². The number of benzene rings is 1. The van der Waals surface area contributed by atoms with Gasteiger partial charge in [-0.05, 0) is 28.1 Å². The summed E-state index contributed by atoms with van der Waals surface area (Å²) in [7, 11) is 1.20. The Balaban J connectivity index is 2.72. The number of nitrogens with one attached hydrogen (secondary N) is 1. The van der Waals surface area contributed by atoms with Crippen molar-refractivity contribution >= 4 is 27.8 Å². The first-order valence-electron chi connectivity index (χ1n) is 5.37. The average Bonchev–Trinajstić information content (AvgIpc) is 2.36. The van der Waals surface area contributed by atoms with E-state index >= 15 is 0 Å². The molecule has 0 saturated heterocycles. The molecule has 1 rings (SSSR count). The molecule has 104 valence electrons. The molecule has 1 aromatic carbocycles. The first-order chi connectivity index (χ1) is 8.93. The van der Waals surface area contributed by atoms with E-state index in [1.165, 1.54) is 32.2 Å². The SMILES string of the molecule is COC(=O)C(COc1cc(F)ccc1Br)NC(C)=O. The van der Waals surface area contributed by atoms with E-state index in [-0.39, 0.29) is 12.4 Å². The Morgan fingerprint density at radius 1 is 1.47 bits per heavy atom. The van der Waals surface area contributed by atoms with Crippen LogP contribution in [0.4, 0.5) is 4.39 Å². The molecule has 1 atom stereocenters. The highest BCUT2D eigenvalue weighted by Gasteiger charge is 2.21. The molecule has 0 spiro atoms. The van der Waals surface area contributed by atoms with Crippen LogP contribution in [0.3, 0.4) is 0 Å². The molecule has 5 nitrogen and oxygen atoms in total. The second kappa shape index (κ2) is 7.08. The zero-order valence-corrected chi connectivity index (χ0v) is 12.0. The van der Waals surface area contributed by atoms with Crippen molar-refractivity contribution in [2.45, 2.75) is 13.0 Å². The molecular weight excluding hydrogens is 321 g/mol. The molecule has 0 saturated carbocycles. The molecule has 0 heterocycles. The van der Waals surface area contributed by atoms with Gasteiger partial charge in [-0.25, -0.2) is 9.18 Å². The van der Waals surface area contributed by atoms with Gasteiger partial charge in [-0.1, -0.05) is 0 Å². The summed E-state index contributed by atoms with van der Waals surface area (Å²) in [5.74, 6) is -1.26. The van der Waals surface area contributed by atoms with Crippen LogP contribution in [0.5, 0.6) is 5.75 Å². The van der Waals surface area contributed by atoms with Crippen molar-refractivity contribution in [3.63, 3.8) is 0 Å². The van der Waals surface area contributed by atoms with E-state index in [1.54, 1.807) is 0 Å². The van der Waals surface area contributed by atoms with Crippen LogP contribution in [0.2, 0.25) is 0 Å². The van der Waals surface area contributed by atoms with Gasteiger partial charge in [0.05, 0.1) is 11.6 Å². The summed E-state index contributed by atoms with van der Waals surface area (Å²) in [5, 5.41) is 2.39. The highest BCUT2D eigenvalue weighted by atomic mass is 79.9. The fourth-order valence-electron chi connectivity index (χ4n) is 1.32. The van der Waals surface area contributed by atoms with E-state index in [0.29, 0.717) is 4.47 Å². The molecule has 0 fully saturated rings. The van der Waals surface area contributed by atoms with Crippen LogP contribution in [0, 0.1) is 5.82 Å². The van der Waals surface area contributed by atoms with Crippen LogP contribution in [-0.4, -0.2) is 31.6 Å². The van der Waals surface area contributed by atoms with Crippen molar-refractivity contribution in [1.82, 2.24) is 5.32 Å². The summed E-state index contributed by atoms with van der Waals surface area (Å²) < 4.78 is 23.4. The molecule has 0 bridgehead atoms. The molecule has 7 heteroatoms. The molecule has 0 radical (unpaired) electrons. The maximum atomic E-state index is 13.0. The number of esters is 1. The van der Waals surface area contributed by atoms with Gasteiger partial charge in [0.25, 0.3) is 0 Å². The monoisotopic (exact) mass is 333 g/mol. The molecule has 0 aliphatic rings. The van der Waals surface area contributed by atoms with E-state index in [4.69, 9.17) is 4.74 Å². The third-order valence-electron chi connectivity index (χ3n) is 2.16. The Labute approximate surface area is 118 Å². The maximum Gasteiger partial charge on any atom is 0.331 e. The molecular formula is C12H13BrFNO4. The van der Waals surface area contributed by atoms with Gasteiger partial charge in [-0.15, -0.1) is 0 Å². The maximum absolute atomic E-state index is 13.0. The number of carbonyl (C=O) groups excluding carboxylic acids is 2. The van der Waals surface area contributed by atoms with E-state index in [0.717, 1.165) is 0 Å². The largest absolute Gasteiger partial charge is 0.490 e. The Kier molecular flexibility index (Phi) is 5.75. The molecule has 1 unspecified atom stereocenters. The van der Waals surface area contributed by atoms with Crippen molar-refractivity contribution in [3.8, 4) is 5.75 Å². The molecule has 0 aliphatic heterocycles. The highest BCUT2D eigenvalue weighted by Crippen LogP contribution is 2.25. The number of hydrogen-bond acceptors (Lipinski definition) is 4. The van der Waals surface area contributed by atoms with Crippen LogP contribution in [0.25, 0.3) is 0 Å². The number of rotatable bonds is 5. The first kappa shape index (κ1) is 15.4. The standard InChI is InChI=1S/C12H13BrFNO4/c1-7(16)15-10(12(17)18-2)6-19-11-5-8(14)3-4-9(11)13/h3-5,10H,6H2,1-2H3,(H,15,16). The third-order valence-corrected chi connectivity index (χ3v) is 2.82. The normalized spacial score (nSPS) is 11.6. The Morgan fingerprint density at radius 2 is 2.16 bits per heavy atom. The van der Waals surface area contributed by atoms with Crippen LogP contribution in [0.15, 0.2) is 22.7 Å². The van der Waals surface area contributed by atoms with Crippen LogP contribution in [-0.2, 0) is 14.3 Å². The first-order valence-corrected chi connectivity index (χ1v) is 6.16. The minimum absolute atomic E-state index is 0.158. The van der Waals surface area contributed by atoms with Crippen molar-refractivity contribution < 1.29 is 23.5 Å². The Morgan fingerprint density at radius 3 is 2.74 bits per heavy atom. The van der Waals surface area contributed by atoms with E-state index in [1.807, 2.05) is 0 Å². The van der Waals surface area contributed by atoms with E-state index < -0.39 is 23.7 Å². The lowest BCUT2D eigenvalue weighted by atomic mass is 10.3. The Hall–Kier alpha value is -1.63. The highest BCUT2D eigenvalue weighted by molar-refractivity contribution is 9.10. The fourth-order valence-corrected chi connectivity index (χ4v) is 1.68. The van der Waals surface area contributed by atoms with E-state index in [2.05, 4.69) is 26.0 Å². The quantitative estimate of drug-likeness (QED) is 0.832. The summed E-state index contributed by atoms with van der Waals surface area (Å²) in [6.45, 7) is 1.11. The van der Waals surface area contributed by atoms with Crippen molar-refractivity contribution in [1.29, 1.82) is 0 Å². The average molecular weight is 334 g/mol.